The van der Waals surface area contributed by atoms with E-state index in [-0.39, 0.29) is 56.3 Å². The summed E-state index contributed by atoms with van der Waals surface area (Å²) in [6.07, 6.45) is 1.46. The molecule has 2 rings (SSSR count). The van der Waals surface area contributed by atoms with Crippen LogP contribution in [0, 0.1) is 0 Å². The topological polar surface area (TPSA) is 143 Å². The molecule has 11 heteroatoms. The molecule has 94 valence electrons. The van der Waals surface area contributed by atoms with Crippen LogP contribution in [0.4, 0.5) is 0 Å². The molecule has 18 heavy (non-hydrogen) atoms. The minimum Gasteiger partial charge on any atom is -0.750 e. The zero-order valence-electron chi connectivity index (χ0n) is 9.10. The van der Waals surface area contributed by atoms with E-state index in [0.29, 0.717) is 11.0 Å². The maximum atomic E-state index is 10.7. The Hall–Kier alpha value is 0.306. The van der Waals surface area contributed by atoms with E-state index in [9.17, 15) is 8.42 Å². The summed E-state index contributed by atoms with van der Waals surface area (Å²) in [4.78, 5) is 6.52. The van der Waals surface area contributed by atoms with Crippen molar-refractivity contribution < 1.29 is 77.7 Å². The molecule has 1 aromatic heterocycles. The number of rotatable bonds is 1. The summed E-state index contributed by atoms with van der Waals surface area (Å²) in [5.74, 6) is 0. The molecular weight excluding hydrogens is 311 g/mol. The van der Waals surface area contributed by atoms with Gasteiger partial charge in [0.25, 0.3) is 10.1 Å². The third-order valence-electron chi connectivity index (χ3n) is 1.69. The molecule has 0 radical (unpaired) electrons. The zero-order valence-corrected chi connectivity index (χ0v) is 13.9. The molecule has 0 amide bonds. The normalized spacial score (nSPS) is 12.2. The van der Waals surface area contributed by atoms with E-state index in [4.69, 9.17) is 17.9 Å². The predicted octanol–water partition coefficient (Wildman–Crippen LogP) is -2.85. The second kappa shape index (κ2) is 7.79. The molecule has 1 aromatic carbocycles. The SMILES string of the molecule is O=S(=O)(O)c1ccc2nc[nH]c2c1.O=S([O-])O.[K+]. The largest absolute Gasteiger partial charge is 1.00 e. The summed E-state index contributed by atoms with van der Waals surface area (Å²) in [6, 6.07) is 4.16. The van der Waals surface area contributed by atoms with Crippen LogP contribution in [0.2, 0.25) is 0 Å². The number of hydrogen-bond acceptors (Lipinski definition) is 5. The van der Waals surface area contributed by atoms with Crippen molar-refractivity contribution in [1.29, 1.82) is 0 Å². The van der Waals surface area contributed by atoms with Crippen LogP contribution in [0.5, 0.6) is 0 Å². The van der Waals surface area contributed by atoms with Crippen LogP contribution in [0.3, 0.4) is 0 Å². The van der Waals surface area contributed by atoms with Crippen molar-refractivity contribution >= 4 is 32.5 Å². The molecule has 3 N–H and O–H groups in total. The average molecular weight is 318 g/mol. The van der Waals surface area contributed by atoms with Crippen molar-refractivity contribution in [3.05, 3.63) is 24.5 Å². The van der Waals surface area contributed by atoms with Gasteiger partial charge in [-0.1, -0.05) is 0 Å². The Bertz CT molecular complexity index is 636. The summed E-state index contributed by atoms with van der Waals surface area (Å²) >= 11 is -2.86. The van der Waals surface area contributed by atoms with Crippen molar-refractivity contribution in [2.75, 3.05) is 0 Å². The van der Waals surface area contributed by atoms with Crippen LogP contribution in [0.25, 0.3) is 11.0 Å². The van der Waals surface area contributed by atoms with E-state index in [1.165, 1.54) is 24.5 Å². The zero-order chi connectivity index (χ0) is 13.1. The Morgan fingerprint density at radius 2 is 1.94 bits per heavy atom. The van der Waals surface area contributed by atoms with E-state index in [1.54, 1.807) is 0 Å². The van der Waals surface area contributed by atoms with Crippen molar-refractivity contribution in [3.8, 4) is 0 Å². The van der Waals surface area contributed by atoms with E-state index in [0.717, 1.165) is 0 Å². The van der Waals surface area contributed by atoms with E-state index in [1.807, 2.05) is 0 Å². The van der Waals surface area contributed by atoms with Gasteiger partial charge in [0.1, 0.15) is 0 Å². The number of H-pyrrole nitrogens is 1. The van der Waals surface area contributed by atoms with E-state index < -0.39 is 21.5 Å². The summed E-state index contributed by atoms with van der Waals surface area (Å²) in [7, 11) is -4.12. The summed E-state index contributed by atoms with van der Waals surface area (Å²) in [6.45, 7) is 0. The van der Waals surface area contributed by atoms with Gasteiger partial charge in [0.15, 0.2) is 0 Å². The number of hydrogen-bond donors (Lipinski definition) is 3. The van der Waals surface area contributed by atoms with Crippen LogP contribution < -0.4 is 51.4 Å². The Morgan fingerprint density at radius 1 is 1.39 bits per heavy atom. The molecule has 0 saturated carbocycles. The predicted molar refractivity (Wildman–Crippen MR) is 57.5 cm³/mol. The third kappa shape index (κ3) is 5.97. The first-order valence-corrected chi connectivity index (χ1v) is 6.47. The summed E-state index contributed by atoms with van der Waals surface area (Å²) < 4.78 is 54.2. The number of nitrogens with one attached hydrogen (secondary N) is 1. The molecule has 0 saturated heterocycles. The first kappa shape index (κ1) is 18.3. The monoisotopic (exact) mass is 318 g/mol. The number of aromatic amines is 1. The van der Waals surface area contributed by atoms with E-state index in [2.05, 4.69) is 9.97 Å². The smallest absolute Gasteiger partial charge is 0.750 e. The molecule has 0 bridgehead atoms. The first-order valence-electron chi connectivity index (χ1n) is 3.99. The van der Waals surface area contributed by atoms with Gasteiger partial charge in [-0.15, -0.1) is 0 Å². The second-order valence-corrected chi connectivity index (χ2v) is 4.63. The fourth-order valence-electron chi connectivity index (χ4n) is 1.08. The fourth-order valence-corrected chi connectivity index (χ4v) is 1.58. The molecule has 1 atom stereocenters. The van der Waals surface area contributed by atoms with Gasteiger partial charge in [0, 0.05) is 0 Å². The quantitative estimate of drug-likeness (QED) is 0.292. The molecule has 1 heterocycles. The van der Waals surface area contributed by atoms with Crippen LogP contribution >= 0.6 is 0 Å². The van der Waals surface area contributed by atoms with Gasteiger partial charge >= 0.3 is 51.4 Å². The molecule has 1 unspecified atom stereocenters. The van der Waals surface area contributed by atoms with Crippen LogP contribution in [0.15, 0.2) is 29.4 Å². The fraction of sp³-hybridized carbons (Fsp3) is 0. The van der Waals surface area contributed by atoms with Gasteiger partial charge in [-0.2, -0.15) is 8.42 Å². The molecule has 0 spiro atoms. The molecule has 0 aliphatic heterocycles. The van der Waals surface area contributed by atoms with Crippen LogP contribution in [0.1, 0.15) is 0 Å². The van der Waals surface area contributed by atoms with Gasteiger partial charge in [-0.25, -0.2) is 9.19 Å². The minimum absolute atomic E-state index is 0. The average Bonchev–Trinajstić information content (AvgIpc) is 2.61. The third-order valence-corrected chi connectivity index (χ3v) is 2.54. The molecule has 0 aliphatic rings. The summed E-state index contributed by atoms with van der Waals surface area (Å²) in [5.41, 5.74) is 1.24. The van der Waals surface area contributed by atoms with Gasteiger partial charge in [-0.3, -0.25) is 4.55 Å². The Balaban J connectivity index is 0.000000512. The number of nitrogens with zero attached hydrogens (tertiary/aromatic N) is 1. The Morgan fingerprint density at radius 3 is 2.44 bits per heavy atom. The van der Waals surface area contributed by atoms with E-state index >= 15 is 0 Å². The minimum atomic E-state index is -4.12. The molecule has 8 nitrogen and oxygen atoms in total. The second-order valence-electron chi connectivity index (χ2n) is 2.77. The molecular formula is C7H7KN2O6S2. The van der Waals surface area contributed by atoms with Crippen molar-refractivity contribution in [2.45, 2.75) is 4.90 Å². The van der Waals surface area contributed by atoms with Crippen molar-refractivity contribution in [3.63, 3.8) is 0 Å². The van der Waals surface area contributed by atoms with Gasteiger partial charge in [0.05, 0.1) is 33.6 Å². The van der Waals surface area contributed by atoms with Gasteiger partial charge in [-0.05, 0) is 18.2 Å². The van der Waals surface area contributed by atoms with Crippen molar-refractivity contribution in [1.82, 2.24) is 9.97 Å². The maximum absolute atomic E-state index is 10.7. The standard InChI is InChI=1S/C7H6N2O3S.K.H2O3S/c10-13(11,12)5-1-2-6-7(3-5)9-4-8-6;;1-4(2)3/h1-4H,(H,8,9)(H,10,11,12);;(H2,1,2,3)/q;+1;/p-1. The number of benzene rings is 1. The maximum Gasteiger partial charge on any atom is 1.00 e. The molecule has 0 aliphatic carbocycles. The Kier molecular flexibility index (Phi) is 7.92. The van der Waals surface area contributed by atoms with Gasteiger partial charge < -0.3 is 14.1 Å². The molecule has 0 fully saturated rings. The molecule has 2 aromatic rings. The van der Waals surface area contributed by atoms with Gasteiger partial charge in [0.2, 0.25) is 0 Å². The Labute approximate surface area is 147 Å². The number of imidazole rings is 1. The first-order chi connectivity index (χ1) is 7.80. The number of fused-ring (bicyclic) bond motifs is 1. The summed E-state index contributed by atoms with van der Waals surface area (Å²) in [5, 5.41) is 0. The number of aromatic nitrogens is 2. The van der Waals surface area contributed by atoms with Crippen LogP contribution in [-0.4, -0.2) is 36.3 Å². The van der Waals surface area contributed by atoms with Crippen LogP contribution in [-0.2, 0) is 21.5 Å². The van der Waals surface area contributed by atoms with Crippen molar-refractivity contribution in [2.24, 2.45) is 0 Å².